The number of aliphatic hydroxyl groups excluding tert-OH is 2. The fraction of sp³-hybridized carbons (Fsp3) is 0.481. The number of nitrogens with zero attached hydrogens (tertiary/aromatic N) is 3. The highest BCUT2D eigenvalue weighted by molar-refractivity contribution is 5.76. The van der Waals surface area contributed by atoms with Crippen molar-refractivity contribution >= 4 is 5.91 Å². The van der Waals surface area contributed by atoms with E-state index in [4.69, 9.17) is 19.1 Å². The lowest BCUT2D eigenvalue weighted by molar-refractivity contribution is -0.124. The molecule has 200 valence electrons. The molecule has 0 radical (unpaired) electrons. The summed E-state index contributed by atoms with van der Waals surface area (Å²) in [7, 11) is 1.58. The summed E-state index contributed by atoms with van der Waals surface area (Å²) in [6.07, 6.45) is 1.61. The first-order chi connectivity index (χ1) is 17.7. The van der Waals surface area contributed by atoms with Crippen LogP contribution in [-0.4, -0.2) is 64.2 Å². The lowest BCUT2D eigenvalue weighted by Gasteiger charge is -2.17. The summed E-state index contributed by atoms with van der Waals surface area (Å²) in [5.74, 6) is 2.00. The van der Waals surface area contributed by atoms with E-state index in [1.165, 1.54) is 0 Å². The molecular formula is C27H36N4O6. The Kier molecular flexibility index (Phi) is 9.99. The van der Waals surface area contributed by atoms with Gasteiger partial charge in [-0.2, -0.15) is 4.98 Å². The predicted octanol–water partition coefficient (Wildman–Crippen LogP) is 3.11. The van der Waals surface area contributed by atoms with Crippen LogP contribution in [0.25, 0.3) is 22.8 Å². The molecule has 0 saturated heterocycles. The zero-order valence-corrected chi connectivity index (χ0v) is 22.1. The van der Waals surface area contributed by atoms with Gasteiger partial charge in [0.25, 0.3) is 5.89 Å². The van der Waals surface area contributed by atoms with E-state index in [0.29, 0.717) is 35.7 Å². The Balaban J connectivity index is 1.80. The molecule has 0 aliphatic rings. The summed E-state index contributed by atoms with van der Waals surface area (Å²) in [5, 5.41) is 25.5. The van der Waals surface area contributed by atoms with Gasteiger partial charge in [0.2, 0.25) is 17.6 Å². The Hall–Kier alpha value is -3.50. The number of aromatic nitrogens is 3. The van der Waals surface area contributed by atoms with Crippen molar-refractivity contribution in [3.8, 4) is 34.5 Å². The highest BCUT2D eigenvalue weighted by atomic mass is 16.5. The van der Waals surface area contributed by atoms with Crippen molar-refractivity contribution in [1.82, 2.24) is 20.4 Å². The van der Waals surface area contributed by atoms with Crippen molar-refractivity contribution in [3.63, 3.8) is 0 Å². The molecule has 3 rings (SSSR count). The van der Waals surface area contributed by atoms with E-state index in [2.05, 4.69) is 34.3 Å². The number of nitrogens with one attached hydrogen (secondary N) is 1. The second-order valence-corrected chi connectivity index (χ2v) is 9.31. The highest BCUT2D eigenvalue weighted by Crippen LogP contribution is 2.32. The molecule has 3 N–H and O–H groups in total. The summed E-state index contributed by atoms with van der Waals surface area (Å²) in [5.41, 5.74) is 4.22. The van der Waals surface area contributed by atoms with Crippen LogP contribution in [0.5, 0.6) is 11.6 Å². The van der Waals surface area contributed by atoms with Gasteiger partial charge in [0, 0.05) is 29.4 Å². The molecular weight excluding hydrogens is 476 g/mol. The van der Waals surface area contributed by atoms with Crippen LogP contribution in [0, 0.1) is 12.8 Å². The van der Waals surface area contributed by atoms with E-state index >= 15 is 0 Å². The molecule has 0 aliphatic heterocycles. The Labute approximate surface area is 217 Å². The van der Waals surface area contributed by atoms with Gasteiger partial charge in [-0.3, -0.25) is 4.79 Å². The first-order valence-corrected chi connectivity index (χ1v) is 12.4. The van der Waals surface area contributed by atoms with E-state index in [9.17, 15) is 9.90 Å². The molecule has 0 saturated carbocycles. The van der Waals surface area contributed by atoms with Gasteiger partial charge >= 0.3 is 0 Å². The first-order valence-electron chi connectivity index (χ1n) is 12.4. The summed E-state index contributed by atoms with van der Waals surface area (Å²) in [6, 6.07) is 7.59. The van der Waals surface area contributed by atoms with Gasteiger partial charge in [-0.1, -0.05) is 25.9 Å². The van der Waals surface area contributed by atoms with Gasteiger partial charge < -0.3 is 29.5 Å². The van der Waals surface area contributed by atoms with Crippen molar-refractivity contribution in [2.75, 3.05) is 26.9 Å². The van der Waals surface area contributed by atoms with Gasteiger partial charge in [0.15, 0.2) is 0 Å². The number of benzene rings is 1. The number of rotatable bonds is 13. The number of ether oxygens (including phenoxy) is 2. The van der Waals surface area contributed by atoms with Crippen LogP contribution in [0.4, 0.5) is 0 Å². The average Bonchev–Trinajstić information content (AvgIpc) is 3.39. The molecule has 0 aliphatic carbocycles. The van der Waals surface area contributed by atoms with E-state index in [-0.39, 0.29) is 13.2 Å². The SMILES string of the molecule is CCc1cc(-c2noc(-c3cc(CCC(C)C)nc(OC)c3)n2)cc(C)c1OCC(O)CNC(=O)CO. The molecule has 1 amide bonds. The number of methoxy groups -OCH3 is 1. The van der Waals surface area contributed by atoms with E-state index in [0.717, 1.165) is 40.8 Å². The second kappa shape index (κ2) is 13.2. The maximum absolute atomic E-state index is 11.2. The van der Waals surface area contributed by atoms with E-state index in [1.807, 2.05) is 32.0 Å². The third kappa shape index (κ3) is 7.74. The summed E-state index contributed by atoms with van der Waals surface area (Å²) >= 11 is 0. The molecule has 3 aromatic rings. The quantitative estimate of drug-likeness (QED) is 0.315. The monoisotopic (exact) mass is 512 g/mol. The number of amides is 1. The fourth-order valence-electron chi connectivity index (χ4n) is 3.78. The fourth-order valence-corrected chi connectivity index (χ4v) is 3.78. The molecule has 37 heavy (non-hydrogen) atoms. The van der Waals surface area contributed by atoms with Crippen LogP contribution < -0.4 is 14.8 Å². The molecule has 2 aromatic heterocycles. The van der Waals surface area contributed by atoms with Crippen molar-refractivity contribution in [1.29, 1.82) is 0 Å². The van der Waals surface area contributed by atoms with Crippen molar-refractivity contribution < 1.29 is 29.0 Å². The first kappa shape index (κ1) is 28.1. The molecule has 10 nitrogen and oxygen atoms in total. The maximum atomic E-state index is 11.2. The summed E-state index contributed by atoms with van der Waals surface area (Å²) in [6.45, 7) is 7.63. The van der Waals surface area contributed by atoms with Gasteiger partial charge in [0.05, 0.1) is 7.11 Å². The number of carbonyl (C=O) groups excluding carboxylic acids is 1. The average molecular weight is 513 g/mol. The molecule has 0 fully saturated rings. The zero-order valence-electron chi connectivity index (χ0n) is 22.1. The number of pyridine rings is 1. The van der Waals surface area contributed by atoms with Gasteiger partial charge in [0.1, 0.15) is 25.1 Å². The summed E-state index contributed by atoms with van der Waals surface area (Å²) in [4.78, 5) is 20.3. The maximum Gasteiger partial charge on any atom is 0.258 e. The number of aliphatic hydroxyl groups is 2. The Morgan fingerprint density at radius 3 is 2.62 bits per heavy atom. The predicted molar refractivity (Wildman–Crippen MR) is 138 cm³/mol. The van der Waals surface area contributed by atoms with Crippen molar-refractivity contribution in [2.24, 2.45) is 5.92 Å². The molecule has 2 heterocycles. The van der Waals surface area contributed by atoms with Crippen LogP contribution >= 0.6 is 0 Å². The normalized spacial score (nSPS) is 12.0. The topological polar surface area (TPSA) is 140 Å². The minimum atomic E-state index is -0.915. The minimum Gasteiger partial charge on any atom is -0.490 e. The molecule has 0 bridgehead atoms. The number of hydrogen-bond donors (Lipinski definition) is 3. The zero-order chi connectivity index (χ0) is 26.9. The minimum absolute atomic E-state index is 0.00568. The number of carbonyl (C=O) groups is 1. The van der Waals surface area contributed by atoms with Crippen molar-refractivity contribution in [3.05, 3.63) is 41.1 Å². The van der Waals surface area contributed by atoms with Gasteiger partial charge in [-0.25, -0.2) is 4.98 Å². The Bertz CT molecular complexity index is 1190. The third-order valence-electron chi connectivity index (χ3n) is 5.80. The van der Waals surface area contributed by atoms with Crippen LogP contribution in [0.3, 0.4) is 0 Å². The Morgan fingerprint density at radius 2 is 1.95 bits per heavy atom. The molecule has 10 heteroatoms. The van der Waals surface area contributed by atoms with Crippen LogP contribution in [0.2, 0.25) is 0 Å². The Morgan fingerprint density at radius 1 is 1.16 bits per heavy atom. The van der Waals surface area contributed by atoms with E-state index < -0.39 is 18.6 Å². The molecule has 1 aromatic carbocycles. The highest BCUT2D eigenvalue weighted by Gasteiger charge is 2.17. The number of aryl methyl sites for hydroxylation is 3. The van der Waals surface area contributed by atoms with Gasteiger partial charge in [-0.05, 0) is 61.4 Å². The summed E-state index contributed by atoms with van der Waals surface area (Å²) < 4.78 is 16.9. The smallest absolute Gasteiger partial charge is 0.258 e. The van der Waals surface area contributed by atoms with Crippen LogP contribution in [-0.2, 0) is 17.6 Å². The lowest BCUT2D eigenvalue weighted by atomic mass is 10.0. The third-order valence-corrected chi connectivity index (χ3v) is 5.80. The lowest BCUT2D eigenvalue weighted by Crippen LogP contribution is -2.36. The largest absolute Gasteiger partial charge is 0.490 e. The number of hydrogen-bond acceptors (Lipinski definition) is 9. The second-order valence-electron chi connectivity index (χ2n) is 9.31. The van der Waals surface area contributed by atoms with Crippen LogP contribution in [0.15, 0.2) is 28.8 Å². The van der Waals surface area contributed by atoms with Gasteiger partial charge in [-0.15, -0.1) is 0 Å². The van der Waals surface area contributed by atoms with Crippen LogP contribution in [0.1, 0.15) is 44.0 Å². The van der Waals surface area contributed by atoms with Crippen molar-refractivity contribution in [2.45, 2.75) is 53.1 Å². The molecule has 1 unspecified atom stereocenters. The molecule has 0 spiro atoms. The molecule has 1 atom stereocenters. The standard InChI is InChI=1S/C27H36N4O6/c1-6-18-10-19(9-17(4)25(18)36-15-22(33)13-28-23(34)14-32)26-30-27(37-31-26)20-11-21(8-7-16(2)3)29-24(12-20)35-5/h9-12,16,22,32-33H,6-8,13-15H2,1-5H3,(H,28,34). The van der Waals surface area contributed by atoms with E-state index in [1.54, 1.807) is 13.2 Å².